The molecular weight excluding hydrogens is 260 g/mol. The van der Waals surface area contributed by atoms with Gasteiger partial charge in [0.05, 0.1) is 5.69 Å². The Balaban J connectivity index is 3.15. The van der Waals surface area contributed by atoms with E-state index in [1.807, 2.05) is 20.9 Å². The number of thiazole rings is 1. The van der Waals surface area contributed by atoms with E-state index in [1.165, 1.54) is 11.3 Å². The van der Waals surface area contributed by atoms with Crippen LogP contribution in [0.1, 0.15) is 62.8 Å². The quantitative estimate of drug-likeness (QED) is 0.912. The van der Waals surface area contributed by atoms with E-state index >= 15 is 0 Å². The number of rotatable bonds is 4. The van der Waals surface area contributed by atoms with E-state index in [-0.39, 0.29) is 17.4 Å². The highest BCUT2D eigenvalue weighted by Crippen LogP contribution is 2.34. The van der Waals surface area contributed by atoms with Crippen LogP contribution >= 0.6 is 11.3 Å². The number of nitrogens with zero attached hydrogens (tertiary/aromatic N) is 2. The fourth-order valence-electron chi connectivity index (χ4n) is 1.76. The molecule has 0 aliphatic carbocycles. The molecule has 19 heavy (non-hydrogen) atoms. The topological polar surface area (TPSA) is 53.4 Å². The summed E-state index contributed by atoms with van der Waals surface area (Å²) >= 11 is 1.26. The first-order valence-electron chi connectivity index (χ1n) is 6.52. The highest BCUT2D eigenvalue weighted by atomic mass is 32.1. The smallest absolute Gasteiger partial charge is 0.347 e. The normalized spacial score (nSPS) is 13.7. The molecule has 1 unspecified atom stereocenters. The maximum absolute atomic E-state index is 11.3. The number of carboxylic acids is 1. The molecule has 1 N–H and O–H groups in total. The van der Waals surface area contributed by atoms with Crippen molar-refractivity contribution in [1.29, 1.82) is 0 Å². The second-order valence-electron chi connectivity index (χ2n) is 6.32. The zero-order valence-electron chi connectivity index (χ0n) is 12.8. The molecule has 0 amide bonds. The number of hydrogen-bond donors (Lipinski definition) is 1. The van der Waals surface area contributed by atoms with Crippen molar-refractivity contribution in [2.24, 2.45) is 5.41 Å². The molecule has 4 nitrogen and oxygen atoms in total. The van der Waals surface area contributed by atoms with E-state index in [2.05, 4.69) is 37.6 Å². The largest absolute Gasteiger partial charge is 0.477 e. The van der Waals surface area contributed by atoms with Crippen molar-refractivity contribution in [1.82, 2.24) is 4.98 Å². The third kappa shape index (κ3) is 3.47. The maximum atomic E-state index is 11.3. The number of anilines is 1. The minimum Gasteiger partial charge on any atom is -0.477 e. The van der Waals surface area contributed by atoms with Crippen molar-refractivity contribution in [2.75, 3.05) is 11.9 Å². The lowest BCUT2D eigenvalue weighted by molar-refractivity contribution is 0.0700. The predicted molar refractivity (Wildman–Crippen MR) is 80.5 cm³/mol. The van der Waals surface area contributed by atoms with Gasteiger partial charge in [0.1, 0.15) is 4.88 Å². The zero-order chi connectivity index (χ0) is 15.0. The molecule has 0 saturated heterocycles. The van der Waals surface area contributed by atoms with E-state index in [0.717, 1.165) is 5.13 Å². The van der Waals surface area contributed by atoms with Gasteiger partial charge >= 0.3 is 5.97 Å². The molecule has 1 atom stereocenters. The van der Waals surface area contributed by atoms with Crippen LogP contribution in [0.5, 0.6) is 0 Å². The average Bonchev–Trinajstić information content (AvgIpc) is 2.70. The van der Waals surface area contributed by atoms with Gasteiger partial charge in [0, 0.05) is 13.1 Å². The van der Waals surface area contributed by atoms with E-state index in [0.29, 0.717) is 10.6 Å². The van der Waals surface area contributed by atoms with E-state index in [4.69, 9.17) is 0 Å². The molecule has 0 aliphatic rings. The summed E-state index contributed by atoms with van der Waals surface area (Å²) in [6.45, 7) is 12.6. The van der Waals surface area contributed by atoms with Gasteiger partial charge in [-0.2, -0.15) is 0 Å². The van der Waals surface area contributed by atoms with E-state index in [9.17, 15) is 9.90 Å². The van der Waals surface area contributed by atoms with Gasteiger partial charge in [0.2, 0.25) is 0 Å². The Morgan fingerprint density at radius 2 is 1.84 bits per heavy atom. The Bertz CT molecular complexity index is 461. The van der Waals surface area contributed by atoms with E-state index < -0.39 is 5.97 Å². The third-order valence-electron chi connectivity index (χ3n) is 3.52. The van der Waals surface area contributed by atoms with Gasteiger partial charge in [-0.15, -0.1) is 0 Å². The molecule has 1 heterocycles. The zero-order valence-corrected chi connectivity index (χ0v) is 13.6. The molecule has 0 fully saturated rings. The van der Waals surface area contributed by atoms with Crippen molar-refractivity contribution in [3.63, 3.8) is 0 Å². The molecule has 108 valence electrons. The number of aromatic nitrogens is 1. The number of carboxylic acid groups (broad SMARTS) is 1. The van der Waals surface area contributed by atoms with Crippen LogP contribution in [0.4, 0.5) is 5.13 Å². The summed E-state index contributed by atoms with van der Waals surface area (Å²) in [6.07, 6.45) is 0. The summed E-state index contributed by atoms with van der Waals surface area (Å²) in [5.41, 5.74) is 0.794. The summed E-state index contributed by atoms with van der Waals surface area (Å²) in [5.74, 6) is -0.765. The fourth-order valence-corrected chi connectivity index (χ4v) is 2.86. The van der Waals surface area contributed by atoms with Crippen molar-refractivity contribution >= 4 is 22.4 Å². The van der Waals surface area contributed by atoms with Crippen LogP contribution in [0, 0.1) is 5.41 Å². The second kappa shape index (κ2) is 5.49. The standard InChI is InChI=1S/C14H24N2O2S/c1-8(2)10-11(12(17)18)19-13(15-10)16(7)9(3)14(4,5)6/h8-9H,1-7H3,(H,17,18). The van der Waals surface area contributed by atoms with Crippen LogP contribution in [0.2, 0.25) is 0 Å². The van der Waals surface area contributed by atoms with Gasteiger partial charge in [-0.1, -0.05) is 46.0 Å². The first-order valence-corrected chi connectivity index (χ1v) is 7.34. The van der Waals surface area contributed by atoms with Gasteiger partial charge in [-0.05, 0) is 18.3 Å². The summed E-state index contributed by atoms with van der Waals surface area (Å²) in [7, 11) is 1.98. The summed E-state index contributed by atoms with van der Waals surface area (Å²) < 4.78 is 0. The molecule has 5 heteroatoms. The van der Waals surface area contributed by atoms with Crippen LogP contribution in [0.25, 0.3) is 0 Å². The average molecular weight is 284 g/mol. The molecule has 1 aromatic heterocycles. The Kier molecular flexibility index (Phi) is 4.61. The molecular formula is C14H24N2O2S. The van der Waals surface area contributed by atoms with Crippen molar-refractivity contribution in [3.05, 3.63) is 10.6 Å². The summed E-state index contributed by atoms with van der Waals surface area (Å²) in [5, 5.41) is 10.0. The summed E-state index contributed by atoms with van der Waals surface area (Å²) in [4.78, 5) is 18.2. The van der Waals surface area contributed by atoms with Gasteiger partial charge in [-0.3, -0.25) is 0 Å². The first-order chi connectivity index (χ1) is 8.55. The Morgan fingerprint density at radius 3 is 2.16 bits per heavy atom. The van der Waals surface area contributed by atoms with Crippen LogP contribution in [0.15, 0.2) is 0 Å². The second-order valence-corrected chi connectivity index (χ2v) is 7.30. The lowest BCUT2D eigenvalue weighted by Gasteiger charge is -2.35. The monoisotopic (exact) mass is 284 g/mol. The molecule has 1 aromatic rings. The Hall–Kier alpha value is -1.10. The fraction of sp³-hybridized carbons (Fsp3) is 0.714. The minimum absolute atomic E-state index is 0.113. The highest BCUT2D eigenvalue weighted by molar-refractivity contribution is 7.17. The molecule has 0 aromatic carbocycles. The Labute approximate surface area is 119 Å². The van der Waals surface area contributed by atoms with Crippen LogP contribution < -0.4 is 4.90 Å². The summed E-state index contributed by atoms with van der Waals surface area (Å²) in [6, 6.07) is 0.278. The van der Waals surface area contributed by atoms with Gasteiger partial charge in [0.25, 0.3) is 0 Å². The molecule has 0 aliphatic heterocycles. The number of carbonyl (C=O) groups is 1. The van der Waals surface area contributed by atoms with Gasteiger partial charge in [0.15, 0.2) is 5.13 Å². The van der Waals surface area contributed by atoms with Crippen LogP contribution in [-0.4, -0.2) is 29.1 Å². The number of hydrogen-bond acceptors (Lipinski definition) is 4. The highest BCUT2D eigenvalue weighted by Gasteiger charge is 2.28. The van der Waals surface area contributed by atoms with Crippen LogP contribution in [0.3, 0.4) is 0 Å². The maximum Gasteiger partial charge on any atom is 0.347 e. The Morgan fingerprint density at radius 1 is 1.32 bits per heavy atom. The van der Waals surface area contributed by atoms with Gasteiger partial charge in [-0.25, -0.2) is 9.78 Å². The number of aromatic carboxylic acids is 1. The first kappa shape index (κ1) is 16.0. The molecule has 0 bridgehead atoms. The SMILES string of the molecule is CC(C)c1nc(N(C)C(C)C(C)(C)C)sc1C(=O)O. The molecule has 1 rings (SSSR count). The minimum atomic E-state index is -0.885. The molecule has 0 radical (unpaired) electrons. The lowest BCUT2D eigenvalue weighted by atomic mass is 9.87. The molecule has 0 spiro atoms. The lowest BCUT2D eigenvalue weighted by Crippen LogP contribution is -2.39. The van der Waals surface area contributed by atoms with Gasteiger partial charge < -0.3 is 10.0 Å². The third-order valence-corrected chi connectivity index (χ3v) is 4.67. The van der Waals surface area contributed by atoms with Crippen molar-refractivity contribution in [2.45, 2.75) is 53.5 Å². The van der Waals surface area contributed by atoms with Crippen molar-refractivity contribution in [3.8, 4) is 0 Å². The molecule has 0 saturated carbocycles. The van der Waals surface area contributed by atoms with Crippen molar-refractivity contribution < 1.29 is 9.90 Å². The predicted octanol–water partition coefficient (Wildman–Crippen LogP) is 3.84. The van der Waals surface area contributed by atoms with Crippen LogP contribution in [-0.2, 0) is 0 Å². The van der Waals surface area contributed by atoms with E-state index in [1.54, 1.807) is 0 Å².